The zero-order valence-electron chi connectivity index (χ0n) is 24.5. The van der Waals surface area contributed by atoms with Crippen LogP contribution in [-0.2, 0) is 19.5 Å². The van der Waals surface area contributed by atoms with Gasteiger partial charge in [0.05, 0.1) is 25.2 Å². The number of benzene rings is 2. The van der Waals surface area contributed by atoms with Crippen LogP contribution in [0.4, 0.5) is 0 Å². The van der Waals surface area contributed by atoms with Crippen molar-refractivity contribution >= 4 is 11.9 Å². The van der Waals surface area contributed by atoms with Gasteiger partial charge in [-0.25, -0.2) is 0 Å². The predicted molar refractivity (Wildman–Crippen MR) is 149 cm³/mol. The number of carboxylic acids is 2. The quantitative estimate of drug-likeness (QED) is 0.151. The molecule has 0 bridgehead atoms. The van der Waals surface area contributed by atoms with Gasteiger partial charge in [-0.2, -0.15) is 0 Å². The molecular weight excluding hydrogens is 546 g/mol. The van der Waals surface area contributed by atoms with Crippen molar-refractivity contribution in [2.45, 2.75) is 105 Å². The summed E-state index contributed by atoms with van der Waals surface area (Å²) in [5.74, 6) is -1.53. The first-order valence-corrected chi connectivity index (χ1v) is 14.2. The number of ether oxygens (including phenoxy) is 2. The van der Waals surface area contributed by atoms with Crippen molar-refractivity contribution in [3.8, 4) is 11.5 Å². The van der Waals surface area contributed by atoms with E-state index in [1.54, 1.807) is 24.3 Å². The van der Waals surface area contributed by atoms with E-state index in [1.807, 2.05) is 26.0 Å². The van der Waals surface area contributed by atoms with Crippen LogP contribution in [0.1, 0.15) is 123 Å². The molecule has 2 aromatic carbocycles. The average Bonchev–Trinajstić information content (AvgIpc) is 2.89. The van der Waals surface area contributed by atoms with Crippen LogP contribution in [0, 0.1) is 13.8 Å². The second-order valence-corrected chi connectivity index (χ2v) is 9.81. The van der Waals surface area contributed by atoms with Crippen LogP contribution in [-0.4, -0.2) is 25.2 Å². The Balaban J connectivity index is 0.000000722. The first-order chi connectivity index (χ1) is 18.3. The molecule has 0 saturated carbocycles. The van der Waals surface area contributed by atoms with Crippen molar-refractivity contribution < 1.29 is 48.8 Å². The average molecular weight is 592 g/mol. The van der Waals surface area contributed by atoms with Crippen LogP contribution >= 0.6 is 0 Å². The topological polar surface area (TPSA) is 98.7 Å². The van der Waals surface area contributed by atoms with Crippen molar-refractivity contribution in [1.82, 2.24) is 0 Å². The van der Waals surface area contributed by atoms with E-state index in [0.29, 0.717) is 24.7 Å². The maximum Gasteiger partial charge on any atom is 2.00 e. The molecule has 0 heterocycles. The Morgan fingerprint density at radius 1 is 0.590 bits per heavy atom. The van der Waals surface area contributed by atoms with Gasteiger partial charge in [-0.3, -0.25) is 0 Å². The molecule has 0 saturated heterocycles. The van der Waals surface area contributed by atoms with E-state index in [2.05, 4.69) is 13.8 Å². The molecule has 0 atom stereocenters. The van der Waals surface area contributed by atoms with Crippen molar-refractivity contribution in [2.24, 2.45) is 0 Å². The van der Waals surface area contributed by atoms with Gasteiger partial charge in [-0.05, 0) is 51.0 Å². The maximum atomic E-state index is 11.0. The summed E-state index contributed by atoms with van der Waals surface area (Å²) in [4.78, 5) is 22.0. The summed E-state index contributed by atoms with van der Waals surface area (Å²) in [6, 6.07) is 10.3. The number of unbranched alkanes of at least 4 members (excludes halogenated alkanes) is 10. The number of rotatable bonds is 18. The van der Waals surface area contributed by atoms with Crippen LogP contribution in [0.2, 0.25) is 0 Å². The van der Waals surface area contributed by atoms with Gasteiger partial charge in [0.2, 0.25) is 0 Å². The summed E-state index contributed by atoms with van der Waals surface area (Å²) in [6.45, 7) is 9.22. The first kappa shape index (κ1) is 36.6. The molecule has 39 heavy (non-hydrogen) atoms. The predicted octanol–water partition coefficient (Wildman–Crippen LogP) is 6.19. The minimum absolute atomic E-state index is 0. The molecule has 2 rings (SSSR count). The summed E-state index contributed by atoms with van der Waals surface area (Å²) in [5, 5.41) is 22.0. The Labute approximate surface area is 248 Å². The molecule has 0 N–H and O–H groups in total. The second-order valence-electron chi connectivity index (χ2n) is 9.81. The summed E-state index contributed by atoms with van der Waals surface area (Å²) < 4.78 is 11.1. The van der Waals surface area contributed by atoms with E-state index in [1.165, 1.54) is 51.4 Å². The van der Waals surface area contributed by atoms with Crippen LogP contribution in [0.3, 0.4) is 0 Å². The maximum absolute atomic E-state index is 11.0. The molecule has 0 spiro atoms. The Morgan fingerprint density at radius 2 is 0.923 bits per heavy atom. The smallest absolute Gasteiger partial charge is 0.545 e. The van der Waals surface area contributed by atoms with Crippen LogP contribution in [0.5, 0.6) is 11.5 Å². The van der Waals surface area contributed by atoms with E-state index < -0.39 is 11.9 Å². The molecule has 0 unspecified atom stereocenters. The Kier molecular flexibility index (Phi) is 21.0. The van der Waals surface area contributed by atoms with Gasteiger partial charge in [-0.1, -0.05) is 101 Å². The molecule has 212 valence electrons. The van der Waals surface area contributed by atoms with Gasteiger partial charge >= 0.3 is 19.5 Å². The van der Waals surface area contributed by atoms with Crippen LogP contribution in [0.15, 0.2) is 36.4 Å². The fraction of sp³-hybridized carbons (Fsp3) is 0.562. The number of hydrogen-bond donors (Lipinski definition) is 0. The van der Waals surface area contributed by atoms with Crippen molar-refractivity contribution in [1.29, 1.82) is 0 Å². The van der Waals surface area contributed by atoms with Gasteiger partial charge in [0, 0.05) is 11.1 Å². The van der Waals surface area contributed by atoms with E-state index in [-0.39, 0.29) is 30.6 Å². The molecule has 2 aromatic rings. The van der Waals surface area contributed by atoms with Crippen LogP contribution in [0.25, 0.3) is 0 Å². The monoisotopic (exact) mass is 590 g/mol. The number of carbonyl (C=O) groups is 2. The first-order valence-electron chi connectivity index (χ1n) is 14.2. The number of hydrogen-bond acceptors (Lipinski definition) is 6. The Hall–Kier alpha value is -2.40. The Bertz CT molecular complexity index is 882. The van der Waals surface area contributed by atoms with E-state index in [4.69, 9.17) is 9.47 Å². The van der Waals surface area contributed by atoms with Gasteiger partial charge in [-0.15, -0.1) is 0 Å². The molecule has 0 aliphatic heterocycles. The minimum atomic E-state index is -1.18. The molecule has 6 nitrogen and oxygen atoms in total. The molecule has 0 aliphatic carbocycles. The molecule has 7 heteroatoms. The SMILES string of the molecule is CCCCCCCCOc1ccc(C)cc1C(=O)[O-].CCCCCCCCOc1ccc(C)cc1C(=O)[O-].[Zn+2]. The molecule has 0 aliphatic rings. The number of aromatic carboxylic acids is 2. The number of aryl methyl sites for hydroxylation is 2. The fourth-order valence-electron chi connectivity index (χ4n) is 3.99. The van der Waals surface area contributed by atoms with Gasteiger partial charge in [0.25, 0.3) is 0 Å². The van der Waals surface area contributed by atoms with E-state index in [0.717, 1.165) is 36.8 Å². The van der Waals surface area contributed by atoms with Gasteiger partial charge < -0.3 is 29.3 Å². The van der Waals surface area contributed by atoms with Crippen molar-refractivity contribution in [3.63, 3.8) is 0 Å². The molecule has 0 aromatic heterocycles. The normalized spacial score (nSPS) is 10.2. The standard InChI is InChI=1S/2C16H24O3.Zn/c2*1-3-4-5-6-7-8-11-19-15-10-9-13(2)12-14(15)16(17)18;/h2*9-10,12H,3-8,11H2,1-2H3,(H,17,18);/q;;+2/p-2. The summed E-state index contributed by atoms with van der Waals surface area (Å²) >= 11 is 0. The number of carbonyl (C=O) groups excluding carboxylic acids is 2. The molecule has 0 fully saturated rings. The molecule has 0 amide bonds. The molecular formula is C32H46O6Zn. The minimum Gasteiger partial charge on any atom is -0.545 e. The van der Waals surface area contributed by atoms with Gasteiger partial charge in [0.1, 0.15) is 11.5 Å². The largest absolute Gasteiger partial charge is 2.00 e. The van der Waals surface area contributed by atoms with Crippen LogP contribution < -0.4 is 19.7 Å². The third kappa shape index (κ3) is 16.3. The fourth-order valence-corrected chi connectivity index (χ4v) is 3.99. The molecule has 0 radical (unpaired) electrons. The second kappa shape index (κ2) is 22.4. The zero-order chi connectivity index (χ0) is 28.2. The third-order valence-corrected chi connectivity index (χ3v) is 6.22. The zero-order valence-corrected chi connectivity index (χ0v) is 27.5. The summed E-state index contributed by atoms with van der Waals surface area (Å²) in [6.07, 6.45) is 14.2. The van der Waals surface area contributed by atoms with E-state index >= 15 is 0 Å². The third-order valence-electron chi connectivity index (χ3n) is 6.22. The number of carboxylic acid groups (broad SMARTS) is 2. The van der Waals surface area contributed by atoms with E-state index in [9.17, 15) is 19.8 Å². The van der Waals surface area contributed by atoms with Crippen molar-refractivity contribution in [3.05, 3.63) is 58.7 Å². The summed E-state index contributed by atoms with van der Waals surface area (Å²) in [7, 11) is 0. The summed E-state index contributed by atoms with van der Waals surface area (Å²) in [5.41, 5.74) is 2.08. The Morgan fingerprint density at radius 3 is 1.26 bits per heavy atom. The van der Waals surface area contributed by atoms with Crippen molar-refractivity contribution in [2.75, 3.05) is 13.2 Å². The van der Waals surface area contributed by atoms with Gasteiger partial charge in [0.15, 0.2) is 0 Å².